The van der Waals surface area contributed by atoms with Crippen LogP contribution in [0.4, 0.5) is 5.13 Å². The molecular weight excluding hydrogens is 390 g/mol. The fourth-order valence-electron chi connectivity index (χ4n) is 2.99. The quantitative estimate of drug-likeness (QED) is 0.527. The monoisotopic (exact) mass is 405 g/mol. The van der Waals surface area contributed by atoms with E-state index in [2.05, 4.69) is 15.3 Å². The second-order valence-corrected chi connectivity index (χ2v) is 7.21. The molecule has 7 nitrogen and oxygen atoms in total. The average Bonchev–Trinajstić information content (AvgIpc) is 3.47. The molecule has 0 aliphatic carbocycles. The van der Waals surface area contributed by atoms with E-state index in [4.69, 9.17) is 13.9 Å². The summed E-state index contributed by atoms with van der Waals surface area (Å²) in [6.07, 6.45) is 0. The summed E-state index contributed by atoms with van der Waals surface area (Å²) >= 11 is 1.34. The highest BCUT2D eigenvalue weighted by Gasteiger charge is 2.20. The predicted octanol–water partition coefficient (Wildman–Crippen LogP) is 4.75. The van der Waals surface area contributed by atoms with Crippen LogP contribution in [0.25, 0.3) is 22.7 Å². The zero-order valence-corrected chi connectivity index (χ0v) is 16.2. The Morgan fingerprint density at radius 1 is 1.03 bits per heavy atom. The van der Waals surface area contributed by atoms with Gasteiger partial charge in [-0.25, -0.2) is 9.97 Å². The third-order valence-corrected chi connectivity index (χ3v) is 5.18. The van der Waals surface area contributed by atoms with Gasteiger partial charge in [-0.05, 0) is 37.3 Å². The van der Waals surface area contributed by atoms with Crippen LogP contribution >= 0.6 is 11.3 Å². The third kappa shape index (κ3) is 3.34. The number of carbonyl (C=O) groups is 1. The zero-order chi connectivity index (χ0) is 19.8. The van der Waals surface area contributed by atoms with Gasteiger partial charge in [-0.1, -0.05) is 18.2 Å². The molecule has 0 fully saturated rings. The normalized spacial score (nSPS) is 12.2. The maximum Gasteiger partial charge on any atom is 0.279 e. The van der Waals surface area contributed by atoms with Crippen molar-refractivity contribution in [1.82, 2.24) is 9.97 Å². The van der Waals surface area contributed by atoms with Crippen LogP contribution in [0, 0.1) is 6.92 Å². The highest BCUT2D eigenvalue weighted by atomic mass is 32.1. The van der Waals surface area contributed by atoms with Crippen molar-refractivity contribution in [2.45, 2.75) is 6.92 Å². The molecule has 0 radical (unpaired) electrons. The smallest absolute Gasteiger partial charge is 0.279 e. The van der Waals surface area contributed by atoms with Gasteiger partial charge in [-0.3, -0.25) is 10.1 Å². The van der Waals surface area contributed by atoms with Crippen molar-refractivity contribution in [2.75, 3.05) is 12.1 Å². The van der Waals surface area contributed by atoms with Gasteiger partial charge in [-0.15, -0.1) is 11.3 Å². The van der Waals surface area contributed by atoms with Crippen molar-refractivity contribution in [1.29, 1.82) is 0 Å². The fourth-order valence-corrected chi connectivity index (χ4v) is 3.70. The summed E-state index contributed by atoms with van der Waals surface area (Å²) in [6.45, 7) is 1.94. The minimum atomic E-state index is -0.361. The molecule has 144 valence electrons. The van der Waals surface area contributed by atoms with Crippen LogP contribution in [0.5, 0.6) is 11.5 Å². The van der Waals surface area contributed by atoms with E-state index in [0.29, 0.717) is 28.3 Å². The first-order valence-electron chi connectivity index (χ1n) is 8.87. The number of aryl methyl sites for hydroxylation is 1. The molecular formula is C21H15N3O4S. The highest BCUT2D eigenvalue weighted by molar-refractivity contribution is 7.14. The van der Waals surface area contributed by atoms with Gasteiger partial charge < -0.3 is 13.9 Å². The number of nitrogens with one attached hydrogen (secondary N) is 1. The molecule has 1 N–H and O–H groups in total. The summed E-state index contributed by atoms with van der Waals surface area (Å²) in [5.41, 5.74) is 2.68. The minimum Gasteiger partial charge on any atom is -0.454 e. The summed E-state index contributed by atoms with van der Waals surface area (Å²) in [5.74, 6) is 1.91. The Bertz CT molecular complexity index is 1200. The topological polar surface area (TPSA) is 86.5 Å². The molecule has 0 atom stereocenters. The van der Waals surface area contributed by atoms with E-state index in [9.17, 15) is 4.79 Å². The number of hydrogen-bond acceptors (Lipinski definition) is 7. The lowest BCUT2D eigenvalue weighted by atomic mass is 10.1. The standard InChI is InChI=1S/C21H15N3O4S/c1-12-18(23-20(28-12)13-5-3-2-4-6-13)19(25)24-21-22-15(10-29-21)14-7-8-16-17(9-14)27-11-26-16/h2-10H,11H2,1H3,(H,22,24,25). The molecule has 5 rings (SSSR count). The number of benzene rings is 2. The van der Waals surface area contributed by atoms with Crippen molar-refractivity contribution in [2.24, 2.45) is 0 Å². The van der Waals surface area contributed by atoms with Gasteiger partial charge in [0.2, 0.25) is 12.7 Å². The Labute approximate surface area is 170 Å². The molecule has 0 saturated heterocycles. The molecule has 2 aromatic heterocycles. The summed E-state index contributed by atoms with van der Waals surface area (Å²) in [4.78, 5) is 21.5. The molecule has 1 amide bonds. The predicted molar refractivity (Wildman–Crippen MR) is 108 cm³/mol. The van der Waals surface area contributed by atoms with E-state index >= 15 is 0 Å². The molecule has 8 heteroatoms. The molecule has 2 aromatic carbocycles. The fraction of sp³-hybridized carbons (Fsp3) is 0.0952. The zero-order valence-electron chi connectivity index (χ0n) is 15.3. The number of ether oxygens (including phenoxy) is 2. The lowest BCUT2D eigenvalue weighted by molar-refractivity contribution is 0.102. The number of oxazole rings is 1. The number of fused-ring (bicyclic) bond motifs is 1. The Morgan fingerprint density at radius 2 is 1.86 bits per heavy atom. The van der Waals surface area contributed by atoms with E-state index < -0.39 is 0 Å². The SMILES string of the molecule is Cc1oc(-c2ccccc2)nc1C(=O)Nc1nc(-c2ccc3c(c2)OCO3)cs1. The van der Waals surface area contributed by atoms with E-state index in [-0.39, 0.29) is 18.4 Å². The molecule has 1 aliphatic rings. The van der Waals surface area contributed by atoms with Gasteiger partial charge in [0.15, 0.2) is 22.3 Å². The van der Waals surface area contributed by atoms with Crippen molar-refractivity contribution in [3.63, 3.8) is 0 Å². The Morgan fingerprint density at radius 3 is 2.72 bits per heavy atom. The maximum atomic E-state index is 12.7. The van der Waals surface area contributed by atoms with Gasteiger partial charge in [0.25, 0.3) is 5.91 Å². The molecule has 0 bridgehead atoms. The van der Waals surface area contributed by atoms with Crippen LogP contribution in [0.3, 0.4) is 0 Å². The van der Waals surface area contributed by atoms with Gasteiger partial charge in [0, 0.05) is 16.5 Å². The van der Waals surface area contributed by atoms with Crippen LogP contribution in [0.1, 0.15) is 16.2 Å². The second kappa shape index (κ2) is 7.06. The first kappa shape index (κ1) is 17.4. The molecule has 4 aromatic rings. The van der Waals surface area contributed by atoms with Crippen molar-refractivity contribution < 1.29 is 18.7 Å². The van der Waals surface area contributed by atoms with E-state index in [1.54, 1.807) is 6.92 Å². The molecule has 3 heterocycles. The lowest BCUT2D eigenvalue weighted by Crippen LogP contribution is -2.13. The summed E-state index contributed by atoms with van der Waals surface area (Å²) < 4.78 is 16.4. The summed E-state index contributed by atoms with van der Waals surface area (Å²) in [6, 6.07) is 15.1. The summed E-state index contributed by atoms with van der Waals surface area (Å²) in [7, 11) is 0. The molecule has 1 aliphatic heterocycles. The molecule has 29 heavy (non-hydrogen) atoms. The highest BCUT2D eigenvalue weighted by Crippen LogP contribution is 2.36. The number of thiazole rings is 1. The average molecular weight is 405 g/mol. The number of hydrogen-bond donors (Lipinski definition) is 1. The number of nitrogens with zero attached hydrogens (tertiary/aromatic N) is 2. The molecule has 0 saturated carbocycles. The number of aromatic nitrogens is 2. The van der Waals surface area contributed by atoms with Crippen molar-refractivity contribution in [3.8, 4) is 34.2 Å². The van der Waals surface area contributed by atoms with Crippen molar-refractivity contribution >= 4 is 22.4 Å². The van der Waals surface area contributed by atoms with Crippen LogP contribution in [-0.2, 0) is 0 Å². The van der Waals surface area contributed by atoms with E-state index in [1.165, 1.54) is 11.3 Å². The summed E-state index contributed by atoms with van der Waals surface area (Å²) in [5, 5.41) is 5.15. The lowest BCUT2D eigenvalue weighted by Gasteiger charge is -2.00. The van der Waals surface area contributed by atoms with Crippen LogP contribution in [-0.4, -0.2) is 22.7 Å². The van der Waals surface area contributed by atoms with Crippen LogP contribution < -0.4 is 14.8 Å². The number of carbonyl (C=O) groups excluding carboxylic acids is 1. The minimum absolute atomic E-state index is 0.221. The largest absolute Gasteiger partial charge is 0.454 e. The van der Waals surface area contributed by atoms with Crippen molar-refractivity contribution in [3.05, 3.63) is 65.4 Å². The molecule has 0 spiro atoms. The maximum absolute atomic E-state index is 12.7. The molecule has 0 unspecified atom stereocenters. The van der Waals surface area contributed by atoms with E-state index in [1.807, 2.05) is 53.9 Å². The first-order valence-corrected chi connectivity index (χ1v) is 9.75. The Kier molecular flexibility index (Phi) is 4.25. The first-order chi connectivity index (χ1) is 14.2. The van der Waals surface area contributed by atoms with Gasteiger partial charge in [0.1, 0.15) is 5.76 Å². The Hall–Kier alpha value is -3.65. The van der Waals surface area contributed by atoms with E-state index in [0.717, 1.165) is 16.8 Å². The van der Waals surface area contributed by atoms with Gasteiger partial charge in [0.05, 0.1) is 5.69 Å². The van der Waals surface area contributed by atoms with Gasteiger partial charge in [-0.2, -0.15) is 0 Å². The van der Waals surface area contributed by atoms with Gasteiger partial charge >= 0.3 is 0 Å². The Balaban J connectivity index is 1.35. The van der Waals surface area contributed by atoms with Crippen LogP contribution in [0.2, 0.25) is 0 Å². The third-order valence-electron chi connectivity index (χ3n) is 4.43. The second-order valence-electron chi connectivity index (χ2n) is 6.35. The van der Waals surface area contributed by atoms with Crippen LogP contribution in [0.15, 0.2) is 58.3 Å². The number of rotatable bonds is 4. The number of anilines is 1. The number of amides is 1.